The third kappa shape index (κ3) is 2.50. The van der Waals surface area contributed by atoms with Crippen molar-refractivity contribution in [2.45, 2.75) is 76.6 Å². The largest absolute Gasteiger partial charge is 0.397 e. The van der Waals surface area contributed by atoms with Crippen LogP contribution in [-0.2, 0) is 19.4 Å². The number of hydrogen-bond donors (Lipinski definition) is 1. The molecule has 0 bridgehead atoms. The Bertz CT molecular complexity index is 777. The molecule has 1 N–H and O–H groups in total. The van der Waals surface area contributed by atoms with Gasteiger partial charge in [0.25, 0.3) is 0 Å². The van der Waals surface area contributed by atoms with Crippen molar-refractivity contribution in [3.63, 3.8) is 0 Å². The van der Waals surface area contributed by atoms with Crippen molar-refractivity contribution < 1.29 is 21.9 Å². The summed E-state index contributed by atoms with van der Waals surface area (Å²) in [7, 11) is 2.67. The monoisotopic (exact) mass is 378 g/mol. The zero-order valence-corrected chi connectivity index (χ0v) is 16.3. The molecule has 0 saturated heterocycles. The minimum Gasteiger partial charge on any atom is -0.295 e. The van der Waals surface area contributed by atoms with Crippen molar-refractivity contribution in [1.29, 1.82) is 0 Å². The molecule has 2 radical (unpaired) electrons. The Morgan fingerprint density at radius 2 is 1.85 bits per heavy atom. The number of ketones is 1. The fraction of sp³-hybridized carbons (Fsp3) is 0.842. The highest BCUT2D eigenvalue weighted by atomic mass is 32.3. The minimum absolute atomic E-state index is 0.160. The Balaban J connectivity index is 1.68. The third-order valence-electron chi connectivity index (χ3n) is 8.45. The van der Waals surface area contributed by atoms with Gasteiger partial charge in [-0.2, -0.15) is 8.42 Å². The van der Waals surface area contributed by atoms with E-state index in [1.165, 1.54) is 5.57 Å². The summed E-state index contributed by atoms with van der Waals surface area (Å²) in [5.74, 6) is 0.776. The maximum Gasteiger partial charge on any atom is 0.397 e. The first kappa shape index (κ1) is 18.7. The maximum absolute atomic E-state index is 11.9. The molecule has 0 aromatic carbocycles. The number of fused-ring (bicyclic) bond motifs is 5. The predicted octanol–water partition coefficient (Wildman–Crippen LogP) is 3.42. The van der Waals surface area contributed by atoms with E-state index in [4.69, 9.17) is 12.0 Å². The fourth-order valence-electron chi connectivity index (χ4n) is 6.86. The van der Waals surface area contributed by atoms with E-state index in [0.29, 0.717) is 12.8 Å². The minimum atomic E-state index is -4.46. The molecular formula is C19H27BO5S. The molecule has 4 rings (SSSR count). The van der Waals surface area contributed by atoms with Gasteiger partial charge in [-0.25, -0.2) is 4.18 Å². The number of carbonyl (C=O) groups is 1. The normalized spacial score (nSPS) is 48.3. The molecule has 4 aliphatic rings. The van der Waals surface area contributed by atoms with Crippen LogP contribution in [0.2, 0.25) is 5.31 Å². The van der Waals surface area contributed by atoms with E-state index in [2.05, 4.69) is 13.8 Å². The second-order valence-corrected chi connectivity index (χ2v) is 10.4. The van der Waals surface area contributed by atoms with E-state index in [1.54, 1.807) is 0 Å². The Kier molecular flexibility index (Phi) is 4.08. The van der Waals surface area contributed by atoms with Crippen LogP contribution < -0.4 is 0 Å². The highest BCUT2D eigenvalue weighted by Gasteiger charge is 2.64. The quantitative estimate of drug-likeness (QED) is 0.588. The summed E-state index contributed by atoms with van der Waals surface area (Å²) in [5.41, 5.74) is 0.762. The van der Waals surface area contributed by atoms with Crippen molar-refractivity contribution in [1.82, 2.24) is 0 Å². The van der Waals surface area contributed by atoms with Gasteiger partial charge in [0.05, 0.1) is 14.0 Å². The van der Waals surface area contributed by atoms with E-state index in [9.17, 15) is 17.8 Å². The average molecular weight is 378 g/mol. The summed E-state index contributed by atoms with van der Waals surface area (Å²) in [6.45, 7) is 4.32. The second-order valence-electron chi connectivity index (χ2n) is 9.36. The van der Waals surface area contributed by atoms with Crippen LogP contribution in [0.3, 0.4) is 0 Å². The van der Waals surface area contributed by atoms with Crippen LogP contribution in [0.15, 0.2) is 11.6 Å². The van der Waals surface area contributed by atoms with Gasteiger partial charge in [-0.15, -0.1) is 0 Å². The van der Waals surface area contributed by atoms with Crippen LogP contribution in [0.1, 0.15) is 65.2 Å². The van der Waals surface area contributed by atoms with Gasteiger partial charge >= 0.3 is 10.4 Å². The maximum atomic E-state index is 11.9. The van der Waals surface area contributed by atoms with Gasteiger partial charge in [0.15, 0.2) is 5.78 Å². The van der Waals surface area contributed by atoms with E-state index in [1.807, 2.05) is 6.08 Å². The molecule has 5 nitrogen and oxygen atoms in total. The lowest BCUT2D eigenvalue weighted by Gasteiger charge is -2.64. The van der Waals surface area contributed by atoms with Crippen LogP contribution in [0, 0.1) is 22.7 Å². The van der Waals surface area contributed by atoms with Gasteiger partial charge in [-0.1, -0.05) is 31.2 Å². The Labute approximate surface area is 157 Å². The van der Waals surface area contributed by atoms with Crippen LogP contribution in [0.25, 0.3) is 0 Å². The molecule has 26 heavy (non-hydrogen) atoms. The predicted molar refractivity (Wildman–Crippen MR) is 98.1 cm³/mol. The fourth-order valence-corrected chi connectivity index (χ4v) is 7.47. The van der Waals surface area contributed by atoms with Gasteiger partial charge < -0.3 is 0 Å². The number of carbonyl (C=O) groups excluding carboxylic acids is 1. The highest BCUT2D eigenvalue weighted by Crippen LogP contribution is 2.73. The molecule has 0 spiro atoms. The van der Waals surface area contributed by atoms with Gasteiger partial charge in [0, 0.05) is 6.42 Å². The topological polar surface area (TPSA) is 80.7 Å². The van der Waals surface area contributed by atoms with Crippen molar-refractivity contribution in [3.05, 3.63) is 11.6 Å². The van der Waals surface area contributed by atoms with Crippen molar-refractivity contribution in [2.24, 2.45) is 22.7 Å². The van der Waals surface area contributed by atoms with E-state index in [-0.39, 0.29) is 33.8 Å². The Morgan fingerprint density at radius 1 is 1.12 bits per heavy atom. The van der Waals surface area contributed by atoms with Crippen LogP contribution in [0.5, 0.6) is 0 Å². The van der Waals surface area contributed by atoms with E-state index >= 15 is 0 Å². The molecular weight excluding hydrogens is 351 g/mol. The summed E-state index contributed by atoms with van der Waals surface area (Å²) in [4.78, 5) is 11.9. The molecule has 0 heterocycles. The first-order chi connectivity index (χ1) is 12.0. The van der Waals surface area contributed by atoms with Gasteiger partial charge in [-0.05, 0) is 67.3 Å². The third-order valence-corrected chi connectivity index (χ3v) is 8.93. The summed E-state index contributed by atoms with van der Waals surface area (Å²) in [6, 6.07) is 0. The molecule has 3 fully saturated rings. The van der Waals surface area contributed by atoms with E-state index in [0.717, 1.165) is 38.5 Å². The lowest BCUT2D eigenvalue weighted by atomic mass is 9.34. The Morgan fingerprint density at radius 3 is 2.54 bits per heavy atom. The molecule has 0 aromatic rings. The number of hydrogen-bond acceptors (Lipinski definition) is 4. The molecule has 6 atom stereocenters. The van der Waals surface area contributed by atoms with Crippen LogP contribution >= 0.6 is 0 Å². The first-order valence-electron chi connectivity index (χ1n) is 9.68. The van der Waals surface area contributed by atoms with E-state index < -0.39 is 16.5 Å². The van der Waals surface area contributed by atoms with Crippen LogP contribution in [0.4, 0.5) is 0 Å². The molecule has 0 amide bonds. The van der Waals surface area contributed by atoms with Gasteiger partial charge in [0.1, 0.15) is 0 Å². The zero-order valence-electron chi connectivity index (χ0n) is 15.5. The summed E-state index contributed by atoms with van der Waals surface area (Å²) in [5, 5.41) is -0.366. The molecule has 0 unspecified atom stereocenters. The van der Waals surface area contributed by atoms with Gasteiger partial charge in [-0.3, -0.25) is 9.35 Å². The SMILES string of the molecule is [B][C@]12CC[C@]3(C)[C@@H](OS(=O)(=O)O)CC[C@H]3[C@@H]1CCC1=CC(=O)CC[C@@]12C. The van der Waals surface area contributed by atoms with Crippen molar-refractivity contribution in [2.75, 3.05) is 0 Å². The molecule has 142 valence electrons. The summed E-state index contributed by atoms with van der Waals surface area (Å²) in [6.07, 6.45) is 7.61. The van der Waals surface area contributed by atoms with Crippen molar-refractivity contribution in [3.8, 4) is 0 Å². The lowest BCUT2D eigenvalue weighted by Crippen LogP contribution is -2.55. The van der Waals surface area contributed by atoms with Crippen LogP contribution in [-0.4, -0.2) is 32.7 Å². The van der Waals surface area contributed by atoms with Crippen molar-refractivity contribution >= 4 is 24.0 Å². The molecule has 3 saturated carbocycles. The summed E-state index contributed by atoms with van der Waals surface area (Å²) < 4.78 is 36.8. The average Bonchev–Trinajstić information content (AvgIpc) is 2.85. The smallest absolute Gasteiger partial charge is 0.295 e. The molecule has 4 aliphatic carbocycles. The molecule has 7 heteroatoms. The highest BCUT2D eigenvalue weighted by molar-refractivity contribution is 7.80. The van der Waals surface area contributed by atoms with Gasteiger partial charge in [0.2, 0.25) is 0 Å². The summed E-state index contributed by atoms with van der Waals surface area (Å²) >= 11 is 0. The zero-order chi connectivity index (χ0) is 19.0. The first-order valence-corrected chi connectivity index (χ1v) is 11.0. The lowest BCUT2D eigenvalue weighted by molar-refractivity contribution is -0.117. The molecule has 0 aliphatic heterocycles. The Hall–Kier alpha value is -0.655. The molecule has 0 aromatic heterocycles. The number of rotatable bonds is 2. The second kappa shape index (κ2) is 5.68. The standard InChI is InChI=1S/C19H27BO5S/c1-17-9-10-19(20)15(14(17)5-6-16(17)25-26(22,23)24)4-3-12-11-13(21)7-8-18(12,19)2/h11,14-16H,3-10H2,1-2H3,(H,22,23,24)/t14-,15-,16-,17-,18-,19+/m0/s1. The number of allylic oxidation sites excluding steroid dienone is 1.